The number of rotatable bonds is 1. The smallest absolute Gasteiger partial charge is 0.231 e. The monoisotopic (exact) mass is 348 g/mol. The molecular weight excluding hydrogens is 328 g/mol. The zero-order valence-corrected chi connectivity index (χ0v) is 14.7. The van der Waals surface area contributed by atoms with Crippen LogP contribution in [0.1, 0.15) is 28.4 Å². The maximum atomic E-state index is 5.63. The minimum atomic E-state index is 0.334. The summed E-state index contributed by atoms with van der Waals surface area (Å²) in [5, 5.41) is 1.31. The van der Waals surface area contributed by atoms with E-state index in [1.807, 2.05) is 0 Å². The van der Waals surface area contributed by atoms with Gasteiger partial charge in [0, 0.05) is 41.8 Å². The Bertz CT molecular complexity index is 1040. The molecule has 3 aliphatic heterocycles. The lowest BCUT2D eigenvalue weighted by Gasteiger charge is -2.40. The maximum Gasteiger partial charge on any atom is 0.231 e. The number of nitrogens with one attached hydrogen (secondary N) is 1. The van der Waals surface area contributed by atoms with Crippen LogP contribution in [0.3, 0.4) is 0 Å². The highest BCUT2D eigenvalue weighted by molar-refractivity contribution is 5.86. The molecule has 0 radical (unpaired) electrons. The number of ether oxygens (including phenoxy) is 3. The molecule has 0 saturated heterocycles. The molecule has 0 fully saturated rings. The van der Waals surface area contributed by atoms with E-state index in [0.717, 1.165) is 43.2 Å². The zero-order chi connectivity index (χ0) is 17.3. The van der Waals surface area contributed by atoms with Crippen LogP contribution in [0.5, 0.6) is 17.2 Å². The molecule has 6 rings (SSSR count). The fourth-order valence-electron chi connectivity index (χ4n) is 4.75. The molecular formula is C21H20N2O3. The van der Waals surface area contributed by atoms with Gasteiger partial charge in [0.2, 0.25) is 6.79 Å². The molecule has 0 aliphatic carbocycles. The van der Waals surface area contributed by atoms with Gasteiger partial charge in [0.15, 0.2) is 11.5 Å². The molecule has 3 aromatic rings. The number of aromatic nitrogens is 1. The van der Waals surface area contributed by atoms with Crippen molar-refractivity contribution >= 4 is 10.9 Å². The van der Waals surface area contributed by atoms with Gasteiger partial charge in [-0.05, 0) is 53.8 Å². The summed E-state index contributed by atoms with van der Waals surface area (Å²) in [5.74, 6) is 2.68. The fraction of sp³-hybridized carbons (Fsp3) is 0.333. The highest BCUT2D eigenvalue weighted by Gasteiger charge is 2.35. The van der Waals surface area contributed by atoms with E-state index in [4.69, 9.17) is 14.2 Å². The van der Waals surface area contributed by atoms with Gasteiger partial charge in [0.1, 0.15) is 5.75 Å². The number of hydrogen-bond acceptors (Lipinski definition) is 4. The molecule has 3 aliphatic rings. The van der Waals surface area contributed by atoms with Gasteiger partial charge in [-0.1, -0.05) is 0 Å². The Labute approximate surface area is 151 Å². The first-order valence-electron chi connectivity index (χ1n) is 9.14. The highest BCUT2D eigenvalue weighted by atomic mass is 16.7. The number of fused-ring (bicyclic) bond motifs is 7. The first-order chi connectivity index (χ1) is 12.8. The molecule has 132 valence electrons. The SMILES string of the molecule is COc1ccc2c3c([nH]c2c1)CN1CCc2cc4c(cc2[C@@H]1C3)OCO4. The van der Waals surface area contributed by atoms with Crippen molar-refractivity contribution < 1.29 is 14.2 Å². The predicted molar refractivity (Wildman–Crippen MR) is 98.0 cm³/mol. The lowest BCUT2D eigenvalue weighted by atomic mass is 9.85. The van der Waals surface area contributed by atoms with Crippen LogP contribution < -0.4 is 14.2 Å². The van der Waals surface area contributed by atoms with E-state index in [1.54, 1.807) is 7.11 Å². The highest BCUT2D eigenvalue weighted by Crippen LogP contribution is 2.45. The summed E-state index contributed by atoms with van der Waals surface area (Å²) >= 11 is 0. The molecule has 1 aromatic heterocycles. The van der Waals surface area contributed by atoms with Crippen LogP contribution in [0.2, 0.25) is 0 Å². The van der Waals surface area contributed by atoms with Crippen LogP contribution in [-0.4, -0.2) is 30.3 Å². The molecule has 4 heterocycles. The standard InChI is InChI=1S/C21H20N2O3/c1-24-13-2-3-14-16-8-19-15-9-21-20(25-11-26-21)6-12(15)4-5-23(19)10-18(16)22-17(14)7-13/h2-3,6-7,9,19,22H,4-5,8,10-11H2,1H3/t19-/m0/s1. The summed E-state index contributed by atoms with van der Waals surface area (Å²) in [6.07, 6.45) is 2.08. The molecule has 5 nitrogen and oxygen atoms in total. The molecule has 0 amide bonds. The lowest BCUT2D eigenvalue weighted by molar-refractivity contribution is 0.159. The van der Waals surface area contributed by atoms with E-state index in [-0.39, 0.29) is 0 Å². The van der Waals surface area contributed by atoms with Crippen LogP contribution in [0.4, 0.5) is 0 Å². The van der Waals surface area contributed by atoms with Gasteiger partial charge in [-0.15, -0.1) is 0 Å². The third-order valence-electron chi connectivity index (χ3n) is 6.06. The maximum absolute atomic E-state index is 5.63. The van der Waals surface area contributed by atoms with Gasteiger partial charge >= 0.3 is 0 Å². The Morgan fingerprint density at radius 2 is 2.04 bits per heavy atom. The number of H-pyrrole nitrogens is 1. The molecule has 0 saturated carbocycles. The third-order valence-corrected chi connectivity index (χ3v) is 6.06. The molecule has 1 N–H and O–H groups in total. The average Bonchev–Trinajstić information content (AvgIpc) is 3.27. The summed E-state index contributed by atoms with van der Waals surface area (Å²) in [6, 6.07) is 11.1. The van der Waals surface area contributed by atoms with Crippen LogP contribution in [0.15, 0.2) is 30.3 Å². The molecule has 0 bridgehead atoms. The van der Waals surface area contributed by atoms with Crippen molar-refractivity contribution in [3.8, 4) is 17.2 Å². The number of nitrogens with zero attached hydrogens (tertiary/aromatic N) is 1. The number of aromatic amines is 1. The first kappa shape index (κ1) is 14.5. The van der Waals surface area contributed by atoms with E-state index < -0.39 is 0 Å². The summed E-state index contributed by atoms with van der Waals surface area (Å²) in [6.45, 7) is 2.38. The molecule has 1 atom stereocenters. The van der Waals surface area contributed by atoms with E-state index in [2.05, 4.69) is 40.2 Å². The van der Waals surface area contributed by atoms with Crippen molar-refractivity contribution in [3.05, 3.63) is 52.7 Å². The second kappa shape index (κ2) is 5.17. The number of benzene rings is 2. The largest absolute Gasteiger partial charge is 0.497 e. The van der Waals surface area contributed by atoms with Gasteiger partial charge in [0.05, 0.1) is 7.11 Å². The zero-order valence-electron chi connectivity index (χ0n) is 14.7. The Balaban J connectivity index is 1.46. The van der Waals surface area contributed by atoms with Crippen molar-refractivity contribution in [2.75, 3.05) is 20.4 Å². The van der Waals surface area contributed by atoms with Crippen molar-refractivity contribution in [2.45, 2.75) is 25.4 Å². The van der Waals surface area contributed by atoms with Gasteiger partial charge in [-0.25, -0.2) is 0 Å². The van der Waals surface area contributed by atoms with E-state index in [0.29, 0.717) is 12.8 Å². The summed E-state index contributed by atoms with van der Waals surface area (Å²) in [7, 11) is 1.71. The Morgan fingerprint density at radius 3 is 2.92 bits per heavy atom. The number of hydrogen-bond donors (Lipinski definition) is 1. The summed E-state index contributed by atoms with van der Waals surface area (Å²) in [4.78, 5) is 6.21. The Morgan fingerprint density at radius 1 is 1.15 bits per heavy atom. The Hall–Kier alpha value is -2.66. The summed E-state index contributed by atoms with van der Waals surface area (Å²) < 4.78 is 16.6. The van der Waals surface area contributed by atoms with E-state index in [1.165, 1.54) is 33.3 Å². The van der Waals surface area contributed by atoms with Gasteiger partial charge in [0.25, 0.3) is 0 Å². The minimum Gasteiger partial charge on any atom is -0.497 e. The van der Waals surface area contributed by atoms with Crippen molar-refractivity contribution in [3.63, 3.8) is 0 Å². The van der Waals surface area contributed by atoms with Crippen LogP contribution in [0.25, 0.3) is 10.9 Å². The minimum absolute atomic E-state index is 0.334. The second-order valence-electron chi connectivity index (χ2n) is 7.34. The normalized spacial score (nSPS) is 20.6. The van der Waals surface area contributed by atoms with Crippen LogP contribution >= 0.6 is 0 Å². The topological polar surface area (TPSA) is 46.7 Å². The molecule has 0 spiro atoms. The van der Waals surface area contributed by atoms with Gasteiger partial charge in [-0.3, -0.25) is 4.90 Å². The van der Waals surface area contributed by atoms with E-state index in [9.17, 15) is 0 Å². The first-order valence-corrected chi connectivity index (χ1v) is 9.14. The molecule has 5 heteroatoms. The average molecular weight is 348 g/mol. The second-order valence-corrected chi connectivity index (χ2v) is 7.34. The fourth-order valence-corrected chi connectivity index (χ4v) is 4.75. The van der Waals surface area contributed by atoms with Crippen LogP contribution in [0, 0.1) is 0 Å². The van der Waals surface area contributed by atoms with Crippen molar-refractivity contribution in [1.29, 1.82) is 0 Å². The third kappa shape index (κ3) is 1.95. The van der Waals surface area contributed by atoms with Crippen molar-refractivity contribution in [1.82, 2.24) is 9.88 Å². The van der Waals surface area contributed by atoms with E-state index >= 15 is 0 Å². The molecule has 0 unspecified atom stereocenters. The number of methoxy groups -OCH3 is 1. The van der Waals surface area contributed by atoms with Crippen molar-refractivity contribution in [2.24, 2.45) is 0 Å². The molecule has 26 heavy (non-hydrogen) atoms. The Kier molecular flexibility index (Phi) is 2.89. The van der Waals surface area contributed by atoms with Gasteiger partial charge < -0.3 is 19.2 Å². The quantitative estimate of drug-likeness (QED) is 0.730. The van der Waals surface area contributed by atoms with Crippen LogP contribution in [-0.2, 0) is 19.4 Å². The van der Waals surface area contributed by atoms with Gasteiger partial charge in [-0.2, -0.15) is 0 Å². The summed E-state index contributed by atoms with van der Waals surface area (Å²) in [5.41, 5.74) is 6.75. The predicted octanol–water partition coefficient (Wildman–Crippen LogP) is 3.56. The molecule has 2 aromatic carbocycles. The lowest BCUT2D eigenvalue weighted by Crippen LogP contribution is -2.39.